The van der Waals surface area contributed by atoms with Gasteiger partial charge in [-0.1, -0.05) is 12.1 Å². The first-order chi connectivity index (χ1) is 14.3. The van der Waals surface area contributed by atoms with Crippen molar-refractivity contribution in [1.82, 2.24) is 4.90 Å². The zero-order valence-electron chi connectivity index (χ0n) is 17.1. The van der Waals surface area contributed by atoms with Gasteiger partial charge in [-0.05, 0) is 55.8 Å². The standard InChI is InChI=1S/C23H24FNO5/c1-14(2)30-18-10-6-16(7-11-18)21(26)19-20(15-4-8-17(24)9-5-15)25(12-13-29-3)23(28)22(19)27/h4-11,14,20,26H,12-13H2,1-3H3. The van der Waals surface area contributed by atoms with Gasteiger partial charge in [0, 0.05) is 19.2 Å². The quantitative estimate of drug-likeness (QED) is 0.426. The Kier molecular flexibility index (Phi) is 6.52. The molecule has 1 atom stereocenters. The number of halogens is 1. The maximum atomic E-state index is 13.4. The van der Waals surface area contributed by atoms with Gasteiger partial charge in [0.2, 0.25) is 0 Å². The van der Waals surface area contributed by atoms with Gasteiger partial charge in [-0.3, -0.25) is 9.59 Å². The van der Waals surface area contributed by atoms with Crippen molar-refractivity contribution in [2.45, 2.75) is 26.0 Å². The first kappa shape index (κ1) is 21.5. The lowest BCUT2D eigenvalue weighted by atomic mass is 9.95. The van der Waals surface area contributed by atoms with Crippen LogP contribution >= 0.6 is 0 Å². The van der Waals surface area contributed by atoms with Crippen molar-refractivity contribution < 1.29 is 28.6 Å². The highest BCUT2D eigenvalue weighted by Gasteiger charge is 2.45. The summed E-state index contributed by atoms with van der Waals surface area (Å²) in [6.45, 7) is 4.17. The number of carbonyl (C=O) groups is 2. The van der Waals surface area contributed by atoms with Crippen molar-refractivity contribution in [2.75, 3.05) is 20.3 Å². The van der Waals surface area contributed by atoms with Crippen LogP contribution in [-0.2, 0) is 14.3 Å². The average molecular weight is 413 g/mol. The molecule has 6 nitrogen and oxygen atoms in total. The maximum absolute atomic E-state index is 13.4. The molecule has 3 rings (SSSR count). The van der Waals surface area contributed by atoms with Gasteiger partial charge in [0.15, 0.2) is 0 Å². The number of carbonyl (C=O) groups excluding carboxylic acids is 2. The number of hydrogen-bond acceptors (Lipinski definition) is 5. The molecule has 2 aromatic rings. The second kappa shape index (κ2) is 9.09. The average Bonchev–Trinajstić information content (AvgIpc) is 2.97. The Bertz CT molecular complexity index is 951. The van der Waals surface area contributed by atoms with Crippen molar-refractivity contribution in [3.05, 3.63) is 71.0 Å². The van der Waals surface area contributed by atoms with Gasteiger partial charge in [-0.15, -0.1) is 0 Å². The van der Waals surface area contributed by atoms with Crippen molar-refractivity contribution in [3.8, 4) is 5.75 Å². The SMILES string of the molecule is COCCN1C(=O)C(=O)C(=C(O)c2ccc(OC(C)C)cc2)C1c1ccc(F)cc1. The zero-order chi connectivity index (χ0) is 21.8. The Morgan fingerprint density at radius 3 is 2.30 bits per heavy atom. The second-order valence-corrected chi connectivity index (χ2v) is 7.23. The van der Waals surface area contributed by atoms with E-state index in [9.17, 15) is 19.1 Å². The topological polar surface area (TPSA) is 76.1 Å². The largest absolute Gasteiger partial charge is 0.507 e. The second-order valence-electron chi connectivity index (χ2n) is 7.23. The number of methoxy groups -OCH3 is 1. The molecule has 1 saturated heterocycles. The summed E-state index contributed by atoms with van der Waals surface area (Å²) in [6.07, 6.45) is -0.00553. The number of benzene rings is 2. The van der Waals surface area contributed by atoms with E-state index >= 15 is 0 Å². The summed E-state index contributed by atoms with van der Waals surface area (Å²) in [5, 5.41) is 10.9. The van der Waals surface area contributed by atoms with Crippen molar-refractivity contribution in [1.29, 1.82) is 0 Å². The summed E-state index contributed by atoms with van der Waals surface area (Å²) >= 11 is 0. The number of amides is 1. The van der Waals surface area contributed by atoms with E-state index in [0.717, 1.165) is 0 Å². The molecule has 1 N–H and O–H groups in total. The van der Waals surface area contributed by atoms with Crippen LogP contribution < -0.4 is 4.74 Å². The number of ether oxygens (including phenoxy) is 2. The van der Waals surface area contributed by atoms with Crippen LogP contribution in [0.1, 0.15) is 31.0 Å². The molecule has 1 aliphatic rings. The van der Waals surface area contributed by atoms with Gasteiger partial charge in [0.1, 0.15) is 17.3 Å². The summed E-state index contributed by atoms with van der Waals surface area (Å²) in [5.74, 6) is -1.63. The van der Waals surface area contributed by atoms with Gasteiger partial charge in [0.25, 0.3) is 11.7 Å². The molecule has 0 aliphatic carbocycles. The van der Waals surface area contributed by atoms with Crippen LogP contribution in [0.3, 0.4) is 0 Å². The summed E-state index contributed by atoms with van der Waals surface area (Å²) in [5.41, 5.74) is 0.858. The van der Waals surface area contributed by atoms with Crippen LogP contribution in [0.5, 0.6) is 5.75 Å². The lowest BCUT2D eigenvalue weighted by Gasteiger charge is -2.25. The van der Waals surface area contributed by atoms with Crippen molar-refractivity contribution >= 4 is 17.4 Å². The number of Topliss-reactive ketones (excluding diaryl/α,β-unsaturated/α-hetero) is 1. The third kappa shape index (κ3) is 4.36. The van der Waals surface area contributed by atoms with Crippen LogP contribution in [-0.4, -0.2) is 48.1 Å². The third-order valence-electron chi connectivity index (χ3n) is 4.76. The van der Waals surface area contributed by atoms with Gasteiger partial charge >= 0.3 is 0 Å². The predicted octanol–water partition coefficient (Wildman–Crippen LogP) is 3.68. The summed E-state index contributed by atoms with van der Waals surface area (Å²) in [6, 6.07) is 11.3. The fourth-order valence-electron chi connectivity index (χ4n) is 3.41. The first-order valence-corrected chi connectivity index (χ1v) is 9.63. The molecule has 1 heterocycles. The molecular weight excluding hydrogens is 389 g/mol. The van der Waals surface area contributed by atoms with E-state index in [-0.39, 0.29) is 30.6 Å². The number of rotatable bonds is 7. The van der Waals surface area contributed by atoms with Gasteiger partial charge in [0.05, 0.1) is 24.3 Å². The lowest BCUT2D eigenvalue weighted by molar-refractivity contribution is -0.140. The Morgan fingerprint density at radius 2 is 1.73 bits per heavy atom. The Balaban J connectivity index is 2.07. The molecule has 1 amide bonds. The Hall–Kier alpha value is -3.19. The molecule has 158 valence electrons. The van der Waals surface area contributed by atoms with Gasteiger partial charge in [-0.2, -0.15) is 0 Å². The molecule has 1 fully saturated rings. The molecule has 7 heteroatoms. The number of aliphatic hydroxyl groups excluding tert-OH is 1. The van der Waals surface area contributed by atoms with Gasteiger partial charge in [-0.25, -0.2) is 4.39 Å². The van der Waals surface area contributed by atoms with E-state index in [1.165, 1.54) is 36.3 Å². The maximum Gasteiger partial charge on any atom is 0.295 e. The molecule has 2 aromatic carbocycles. The number of likely N-dealkylation sites (tertiary alicyclic amines) is 1. The Labute approximate surface area is 174 Å². The molecule has 0 saturated carbocycles. The summed E-state index contributed by atoms with van der Waals surface area (Å²) in [4.78, 5) is 26.8. The number of hydrogen-bond donors (Lipinski definition) is 1. The summed E-state index contributed by atoms with van der Waals surface area (Å²) in [7, 11) is 1.49. The van der Waals surface area contributed by atoms with Crippen LogP contribution in [0.25, 0.3) is 5.76 Å². The van der Waals surface area contributed by atoms with E-state index in [1.807, 2.05) is 13.8 Å². The smallest absolute Gasteiger partial charge is 0.295 e. The van der Waals surface area contributed by atoms with Gasteiger partial charge < -0.3 is 19.5 Å². The van der Waals surface area contributed by atoms with Crippen LogP contribution in [0.2, 0.25) is 0 Å². The highest BCUT2D eigenvalue weighted by Crippen LogP contribution is 2.39. The lowest BCUT2D eigenvalue weighted by Crippen LogP contribution is -2.32. The number of aliphatic hydroxyl groups is 1. The van der Waals surface area contributed by atoms with E-state index in [4.69, 9.17) is 9.47 Å². The number of ketones is 1. The summed E-state index contributed by atoms with van der Waals surface area (Å²) < 4.78 is 24.1. The molecule has 0 bridgehead atoms. The molecule has 1 aliphatic heterocycles. The van der Waals surface area contributed by atoms with Crippen LogP contribution in [0.15, 0.2) is 54.1 Å². The van der Waals surface area contributed by atoms with Crippen molar-refractivity contribution in [2.24, 2.45) is 0 Å². The van der Waals surface area contributed by atoms with E-state index in [2.05, 4.69) is 0 Å². The minimum Gasteiger partial charge on any atom is -0.507 e. The molecule has 0 spiro atoms. The third-order valence-corrected chi connectivity index (χ3v) is 4.76. The minimum atomic E-state index is -0.840. The Morgan fingerprint density at radius 1 is 1.10 bits per heavy atom. The van der Waals surface area contributed by atoms with Crippen LogP contribution in [0, 0.1) is 5.82 Å². The monoisotopic (exact) mass is 413 g/mol. The fraction of sp³-hybridized carbons (Fsp3) is 0.304. The van der Waals surface area contributed by atoms with E-state index < -0.39 is 23.5 Å². The minimum absolute atomic E-state index is 0.00553. The molecular formula is C23H24FNO5. The van der Waals surface area contributed by atoms with E-state index in [1.54, 1.807) is 24.3 Å². The van der Waals surface area contributed by atoms with Crippen LogP contribution in [0.4, 0.5) is 4.39 Å². The van der Waals surface area contributed by atoms with Crippen molar-refractivity contribution in [3.63, 3.8) is 0 Å². The fourth-order valence-corrected chi connectivity index (χ4v) is 3.41. The molecule has 0 aromatic heterocycles. The molecule has 30 heavy (non-hydrogen) atoms. The number of nitrogens with zero attached hydrogens (tertiary/aromatic N) is 1. The molecule has 1 unspecified atom stereocenters. The first-order valence-electron chi connectivity index (χ1n) is 9.63. The molecule has 0 radical (unpaired) electrons. The van der Waals surface area contributed by atoms with E-state index in [0.29, 0.717) is 16.9 Å². The highest BCUT2D eigenvalue weighted by molar-refractivity contribution is 6.46. The normalized spacial score (nSPS) is 18.3. The highest BCUT2D eigenvalue weighted by atomic mass is 19.1. The zero-order valence-corrected chi connectivity index (χ0v) is 17.1. The predicted molar refractivity (Wildman–Crippen MR) is 109 cm³/mol.